The van der Waals surface area contributed by atoms with Gasteiger partial charge in [0.2, 0.25) is 0 Å². The summed E-state index contributed by atoms with van der Waals surface area (Å²) in [5, 5.41) is 0. The molecule has 1 heteroatoms. The Hall–Kier alpha value is -0.0400. The van der Waals surface area contributed by atoms with Crippen molar-refractivity contribution >= 4 is 0 Å². The average molecular weight is 155 g/mol. The van der Waals surface area contributed by atoms with Crippen LogP contribution >= 0.6 is 0 Å². The highest BCUT2D eigenvalue weighted by atomic mass is 14.7. The highest BCUT2D eigenvalue weighted by Crippen LogP contribution is 2.32. The first-order valence-corrected chi connectivity index (χ1v) is 4.93. The van der Waals surface area contributed by atoms with E-state index in [1.54, 1.807) is 0 Å². The third-order valence-electron chi connectivity index (χ3n) is 2.94. The topological polar surface area (TPSA) is 26.0 Å². The van der Waals surface area contributed by atoms with Gasteiger partial charge in [0.15, 0.2) is 0 Å². The normalized spacial score (nSPS) is 39.0. The van der Waals surface area contributed by atoms with E-state index in [2.05, 4.69) is 13.8 Å². The molecule has 1 nitrogen and oxygen atoms in total. The van der Waals surface area contributed by atoms with Crippen LogP contribution in [-0.4, -0.2) is 5.54 Å². The lowest BCUT2D eigenvalue weighted by Gasteiger charge is -2.34. The molecule has 2 N–H and O–H groups in total. The van der Waals surface area contributed by atoms with Crippen molar-refractivity contribution in [3.63, 3.8) is 0 Å². The zero-order chi connectivity index (χ0) is 8.32. The molecule has 11 heavy (non-hydrogen) atoms. The van der Waals surface area contributed by atoms with Crippen molar-refractivity contribution in [1.29, 1.82) is 0 Å². The molecule has 1 saturated carbocycles. The minimum atomic E-state index is 0.157. The Morgan fingerprint density at radius 1 is 1.36 bits per heavy atom. The number of nitrogens with two attached hydrogens (primary N) is 1. The molecule has 0 unspecified atom stereocenters. The van der Waals surface area contributed by atoms with E-state index >= 15 is 0 Å². The van der Waals surface area contributed by atoms with Crippen LogP contribution in [0.4, 0.5) is 0 Å². The van der Waals surface area contributed by atoms with Crippen LogP contribution in [0.1, 0.15) is 52.4 Å². The van der Waals surface area contributed by atoms with E-state index in [9.17, 15) is 0 Å². The van der Waals surface area contributed by atoms with Gasteiger partial charge in [0.1, 0.15) is 0 Å². The summed E-state index contributed by atoms with van der Waals surface area (Å²) in [5.41, 5.74) is 6.19. The fraction of sp³-hybridized carbons (Fsp3) is 1.00. The van der Waals surface area contributed by atoms with Gasteiger partial charge in [0.25, 0.3) is 0 Å². The molecule has 0 aliphatic heterocycles. The fourth-order valence-corrected chi connectivity index (χ4v) is 2.03. The molecule has 1 aliphatic carbocycles. The van der Waals surface area contributed by atoms with Gasteiger partial charge in [-0.2, -0.15) is 0 Å². The molecular weight excluding hydrogens is 134 g/mol. The second-order valence-electron chi connectivity index (χ2n) is 4.39. The molecule has 0 heterocycles. The van der Waals surface area contributed by atoms with Crippen molar-refractivity contribution in [2.45, 2.75) is 57.9 Å². The third kappa shape index (κ3) is 2.82. The molecule has 1 rings (SSSR count). The van der Waals surface area contributed by atoms with Crippen LogP contribution < -0.4 is 5.73 Å². The van der Waals surface area contributed by atoms with Gasteiger partial charge < -0.3 is 5.73 Å². The lowest BCUT2D eigenvalue weighted by molar-refractivity contribution is 0.241. The Balaban J connectivity index is 2.25. The summed E-state index contributed by atoms with van der Waals surface area (Å²) in [6, 6.07) is 0. The van der Waals surface area contributed by atoms with E-state index in [4.69, 9.17) is 5.73 Å². The van der Waals surface area contributed by atoms with Gasteiger partial charge in [0, 0.05) is 5.54 Å². The van der Waals surface area contributed by atoms with Crippen LogP contribution in [0.5, 0.6) is 0 Å². The summed E-state index contributed by atoms with van der Waals surface area (Å²) >= 11 is 0. The summed E-state index contributed by atoms with van der Waals surface area (Å²) < 4.78 is 0. The van der Waals surface area contributed by atoms with Gasteiger partial charge in [-0.25, -0.2) is 0 Å². The lowest BCUT2D eigenvalue weighted by Crippen LogP contribution is -2.39. The first-order chi connectivity index (χ1) is 5.14. The number of hydrogen-bond acceptors (Lipinski definition) is 1. The molecule has 1 aliphatic rings. The Bertz CT molecular complexity index is 108. The van der Waals surface area contributed by atoms with E-state index in [1.165, 1.54) is 38.5 Å². The Labute approximate surface area is 70.4 Å². The largest absolute Gasteiger partial charge is 0.325 e. The molecule has 1 fully saturated rings. The first kappa shape index (κ1) is 9.05. The smallest absolute Gasteiger partial charge is 0.0126 e. The first-order valence-electron chi connectivity index (χ1n) is 4.93. The van der Waals surface area contributed by atoms with Crippen molar-refractivity contribution in [3.8, 4) is 0 Å². The van der Waals surface area contributed by atoms with Crippen LogP contribution in [0.15, 0.2) is 0 Å². The lowest BCUT2D eigenvalue weighted by atomic mass is 9.77. The van der Waals surface area contributed by atoms with Gasteiger partial charge in [-0.05, 0) is 38.5 Å². The van der Waals surface area contributed by atoms with Crippen molar-refractivity contribution < 1.29 is 0 Å². The van der Waals surface area contributed by atoms with Gasteiger partial charge in [-0.3, -0.25) is 0 Å². The second-order valence-corrected chi connectivity index (χ2v) is 4.39. The van der Waals surface area contributed by atoms with E-state index in [-0.39, 0.29) is 5.54 Å². The summed E-state index contributed by atoms with van der Waals surface area (Å²) in [7, 11) is 0. The van der Waals surface area contributed by atoms with E-state index < -0.39 is 0 Å². The van der Waals surface area contributed by atoms with Crippen LogP contribution in [0.2, 0.25) is 0 Å². The molecule has 0 atom stereocenters. The zero-order valence-corrected chi connectivity index (χ0v) is 7.90. The molecule has 0 amide bonds. The molecule has 66 valence electrons. The van der Waals surface area contributed by atoms with Crippen molar-refractivity contribution in [2.75, 3.05) is 0 Å². The van der Waals surface area contributed by atoms with Crippen LogP contribution in [0.3, 0.4) is 0 Å². The van der Waals surface area contributed by atoms with Gasteiger partial charge in [0.05, 0.1) is 0 Å². The maximum absolute atomic E-state index is 6.04. The molecular formula is C10H21N. The van der Waals surface area contributed by atoms with Crippen molar-refractivity contribution in [1.82, 2.24) is 0 Å². The molecule has 0 aromatic carbocycles. The summed E-state index contributed by atoms with van der Waals surface area (Å²) in [4.78, 5) is 0. The van der Waals surface area contributed by atoms with Gasteiger partial charge in [-0.15, -0.1) is 0 Å². The van der Waals surface area contributed by atoms with Gasteiger partial charge in [-0.1, -0.05) is 19.8 Å². The molecule has 0 spiro atoms. The second kappa shape index (κ2) is 3.57. The molecule has 0 radical (unpaired) electrons. The fourth-order valence-electron chi connectivity index (χ4n) is 2.03. The molecule has 0 aromatic heterocycles. The average Bonchev–Trinajstić information content (AvgIpc) is 1.94. The van der Waals surface area contributed by atoms with Crippen LogP contribution in [0, 0.1) is 5.92 Å². The molecule has 0 aromatic rings. The summed E-state index contributed by atoms with van der Waals surface area (Å²) in [5.74, 6) is 0.983. The monoisotopic (exact) mass is 155 g/mol. The Morgan fingerprint density at radius 2 is 1.91 bits per heavy atom. The van der Waals surface area contributed by atoms with Crippen LogP contribution in [-0.2, 0) is 0 Å². The maximum Gasteiger partial charge on any atom is 0.0126 e. The Kier molecular flexibility index (Phi) is 2.94. The zero-order valence-electron chi connectivity index (χ0n) is 7.90. The minimum absolute atomic E-state index is 0.157. The van der Waals surface area contributed by atoms with Crippen LogP contribution in [0.25, 0.3) is 0 Å². The Morgan fingerprint density at radius 3 is 2.36 bits per heavy atom. The highest BCUT2D eigenvalue weighted by molar-refractivity contribution is 4.85. The predicted octanol–water partition coefficient (Wildman–Crippen LogP) is 2.69. The van der Waals surface area contributed by atoms with E-state index in [0.29, 0.717) is 0 Å². The standard InChI is InChI=1S/C10H21N/c1-3-4-9-5-7-10(2,11)8-6-9/h9H,3-8,11H2,1-2H3. The summed E-state index contributed by atoms with van der Waals surface area (Å²) in [6.45, 7) is 4.46. The third-order valence-corrected chi connectivity index (χ3v) is 2.94. The highest BCUT2D eigenvalue weighted by Gasteiger charge is 2.26. The predicted molar refractivity (Wildman–Crippen MR) is 49.5 cm³/mol. The summed E-state index contributed by atoms with van der Waals surface area (Å²) in [6.07, 6.45) is 7.94. The molecule has 0 saturated heterocycles. The van der Waals surface area contributed by atoms with E-state index in [1.807, 2.05) is 0 Å². The number of rotatable bonds is 2. The van der Waals surface area contributed by atoms with Crippen molar-refractivity contribution in [2.24, 2.45) is 11.7 Å². The van der Waals surface area contributed by atoms with Gasteiger partial charge >= 0.3 is 0 Å². The molecule has 0 bridgehead atoms. The minimum Gasteiger partial charge on any atom is -0.325 e. The van der Waals surface area contributed by atoms with Crippen molar-refractivity contribution in [3.05, 3.63) is 0 Å². The SMILES string of the molecule is CCCC1CCC(C)(N)CC1. The van der Waals surface area contributed by atoms with E-state index in [0.717, 1.165) is 5.92 Å². The number of hydrogen-bond donors (Lipinski definition) is 1. The maximum atomic E-state index is 6.04. The quantitative estimate of drug-likeness (QED) is 0.652.